The Morgan fingerprint density at radius 3 is 2.25 bits per heavy atom. The monoisotopic (exact) mass is 426 g/mol. The first-order valence-electron chi connectivity index (χ1n) is 10.4. The Kier molecular flexibility index (Phi) is 6.26. The highest BCUT2D eigenvalue weighted by atomic mass is 16.5. The molecule has 32 heavy (non-hydrogen) atoms. The summed E-state index contributed by atoms with van der Waals surface area (Å²) in [6, 6.07) is 27.5. The Morgan fingerprint density at radius 2 is 1.56 bits per heavy atom. The topological polar surface area (TPSA) is 52.5 Å². The summed E-state index contributed by atoms with van der Waals surface area (Å²) >= 11 is 0. The standard InChI is InChI=1S/C27H26N2O3/c1-19-25(27(30)28-18-20-8-5-4-6-9-20)17-26(21-12-14-23(31-2)15-13-21)29(19)22-10-7-11-24(16-22)32-3/h4-17H,18H2,1-3H3,(H,28,30). The minimum atomic E-state index is -0.109. The summed E-state index contributed by atoms with van der Waals surface area (Å²) in [7, 11) is 3.29. The maximum absolute atomic E-state index is 13.1. The molecule has 0 unspecified atom stereocenters. The van der Waals surface area contributed by atoms with Crippen molar-refractivity contribution in [2.24, 2.45) is 0 Å². The van der Waals surface area contributed by atoms with Gasteiger partial charge in [0.1, 0.15) is 11.5 Å². The summed E-state index contributed by atoms with van der Waals surface area (Å²) in [6.07, 6.45) is 0. The zero-order valence-electron chi connectivity index (χ0n) is 18.5. The maximum Gasteiger partial charge on any atom is 0.253 e. The van der Waals surface area contributed by atoms with E-state index in [4.69, 9.17) is 9.47 Å². The van der Waals surface area contributed by atoms with Gasteiger partial charge in [-0.05, 0) is 60.5 Å². The van der Waals surface area contributed by atoms with Gasteiger partial charge in [0.05, 0.1) is 25.5 Å². The number of aromatic nitrogens is 1. The lowest BCUT2D eigenvalue weighted by Crippen LogP contribution is -2.23. The molecule has 5 heteroatoms. The van der Waals surface area contributed by atoms with E-state index in [0.717, 1.165) is 39.7 Å². The Labute approximate surface area is 188 Å². The summed E-state index contributed by atoms with van der Waals surface area (Å²) < 4.78 is 12.8. The maximum atomic E-state index is 13.1. The summed E-state index contributed by atoms with van der Waals surface area (Å²) in [4.78, 5) is 13.1. The van der Waals surface area contributed by atoms with Gasteiger partial charge in [0, 0.05) is 24.0 Å². The van der Waals surface area contributed by atoms with Crippen LogP contribution in [-0.4, -0.2) is 24.7 Å². The zero-order valence-corrected chi connectivity index (χ0v) is 18.5. The molecule has 0 atom stereocenters. The van der Waals surface area contributed by atoms with Crippen LogP contribution in [0.1, 0.15) is 21.6 Å². The third-order valence-electron chi connectivity index (χ3n) is 5.48. The van der Waals surface area contributed by atoms with Crippen LogP contribution in [0.3, 0.4) is 0 Å². The molecule has 1 heterocycles. The lowest BCUT2D eigenvalue weighted by Gasteiger charge is -2.14. The van der Waals surface area contributed by atoms with E-state index < -0.39 is 0 Å². The molecule has 4 aromatic rings. The van der Waals surface area contributed by atoms with Gasteiger partial charge in [0.25, 0.3) is 5.91 Å². The number of hydrogen-bond donors (Lipinski definition) is 1. The van der Waals surface area contributed by atoms with Crippen LogP contribution in [0.2, 0.25) is 0 Å². The van der Waals surface area contributed by atoms with Crippen LogP contribution in [0.25, 0.3) is 16.9 Å². The largest absolute Gasteiger partial charge is 0.497 e. The zero-order chi connectivity index (χ0) is 22.5. The fourth-order valence-electron chi connectivity index (χ4n) is 3.77. The minimum Gasteiger partial charge on any atom is -0.497 e. The molecular formula is C27H26N2O3. The average molecular weight is 427 g/mol. The van der Waals surface area contributed by atoms with Crippen molar-refractivity contribution in [3.8, 4) is 28.4 Å². The van der Waals surface area contributed by atoms with Crippen molar-refractivity contribution in [1.29, 1.82) is 0 Å². The molecule has 0 aliphatic heterocycles. The van der Waals surface area contributed by atoms with Crippen molar-refractivity contribution in [1.82, 2.24) is 9.88 Å². The van der Waals surface area contributed by atoms with Crippen LogP contribution in [0.4, 0.5) is 0 Å². The summed E-state index contributed by atoms with van der Waals surface area (Å²) in [5.74, 6) is 1.43. The van der Waals surface area contributed by atoms with E-state index in [0.29, 0.717) is 12.1 Å². The van der Waals surface area contributed by atoms with E-state index in [2.05, 4.69) is 9.88 Å². The van der Waals surface area contributed by atoms with Gasteiger partial charge in [-0.15, -0.1) is 0 Å². The molecular weight excluding hydrogens is 400 g/mol. The van der Waals surface area contributed by atoms with Gasteiger partial charge in [-0.25, -0.2) is 0 Å². The van der Waals surface area contributed by atoms with Gasteiger partial charge in [0.2, 0.25) is 0 Å². The van der Waals surface area contributed by atoms with Crippen LogP contribution in [0.15, 0.2) is 84.9 Å². The van der Waals surface area contributed by atoms with Gasteiger partial charge in [-0.1, -0.05) is 36.4 Å². The lowest BCUT2D eigenvalue weighted by molar-refractivity contribution is 0.0950. The molecule has 0 fully saturated rings. The molecule has 0 saturated carbocycles. The minimum absolute atomic E-state index is 0.109. The Hall–Kier alpha value is -3.99. The number of methoxy groups -OCH3 is 2. The number of rotatable bonds is 7. The van der Waals surface area contributed by atoms with Crippen LogP contribution < -0.4 is 14.8 Å². The van der Waals surface area contributed by atoms with Gasteiger partial charge >= 0.3 is 0 Å². The molecule has 1 aromatic heterocycles. The van der Waals surface area contributed by atoms with Crippen molar-refractivity contribution in [2.45, 2.75) is 13.5 Å². The first-order valence-corrected chi connectivity index (χ1v) is 10.4. The molecule has 162 valence electrons. The highest BCUT2D eigenvalue weighted by Gasteiger charge is 2.20. The molecule has 1 amide bonds. The van der Waals surface area contributed by atoms with Gasteiger partial charge in [-0.2, -0.15) is 0 Å². The number of ether oxygens (including phenoxy) is 2. The van der Waals surface area contributed by atoms with E-state index in [1.54, 1.807) is 14.2 Å². The number of hydrogen-bond acceptors (Lipinski definition) is 3. The Morgan fingerprint density at radius 1 is 0.844 bits per heavy atom. The number of nitrogens with one attached hydrogen (secondary N) is 1. The second kappa shape index (κ2) is 9.43. The molecule has 5 nitrogen and oxygen atoms in total. The molecule has 0 spiro atoms. The van der Waals surface area contributed by atoms with Gasteiger partial charge < -0.3 is 19.4 Å². The second-order valence-electron chi connectivity index (χ2n) is 7.46. The molecule has 4 rings (SSSR count). The first kappa shape index (κ1) is 21.2. The van der Waals surface area contributed by atoms with Crippen molar-refractivity contribution in [3.05, 3.63) is 102 Å². The summed E-state index contributed by atoms with van der Waals surface area (Å²) in [5.41, 5.74) is 5.38. The Bertz CT molecular complexity index is 1210. The molecule has 1 N–H and O–H groups in total. The van der Waals surface area contributed by atoms with Crippen LogP contribution in [0.5, 0.6) is 11.5 Å². The number of benzene rings is 3. The number of carbonyl (C=O) groups is 1. The third kappa shape index (κ3) is 4.37. The number of amides is 1. The van der Waals surface area contributed by atoms with Crippen LogP contribution >= 0.6 is 0 Å². The predicted octanol–water partition coefficient (Wildman–Crippen LogP) is 5.40. The SMILES string of the molecule is COc1ccc(-c2cc(C(=O)NCc3ccccc3)c(C)n2-c2cccc(OC)c2)cc1. The van der Waals surface area contributed by atoms with Crippen molar-refractivity contribution >= 4 is 5.91 Å². The van der Waals surface area contributed by atoms with Crippen LogP contribution in [0, 0.1) is 6.92 Å². The van der Waals surface area contributed by atoms with E-state index in [-0.39, 0.29) is 5.91 Å². The highest BCUT2D eigenvalue weighted by Crippen LogP contribution is 2.32. The molecule has 3 aromatic carbocycles. The normalized spacial score (nSPS) is 10.6. The summed E-state index contributed by atoms with van der Waals surface area (Å²) in [5, 5.41) is 3.04. The quantitative estimate of drug-likeness (QED) is 0.430. The van der Waals surface area contributed by atoms with Gasteiger partial charge in [0.15, 0.2) is 0 Å². The van der Waals surface area contributed by atoms with Crippen molar-refractivity contribution in [2.75, 3.05) is 14.2 Å². The Balaban J connectivity index is 1.75. The number of nitrogens with zero attached hydrogens (tertiary/aromatic N) is 1. The third-order valence-corrected chi connectivity index (χ3v) is 5.48. The molecule has 0 radical (unpaired) electrons. The van der Waals surface area contributed by atoms with E-state index >= 15 is 0 Å². The lowest BCUT2D eigenvalue weighted by atomic mass is 10.1. The number of carbonyl (C=O) groups excluding carboxylic acids is 1. The van der Waals surface area contributed by atoms with E-state index in [1.165, 1.54) is 0 Å². The molecule has 0 aliphatic rings. The smallest absolute Gasteiger partial charge is 0.253 e. The fourth-order valence-corrected chi connectivity index (χ4v) is 3.77. The summed E-state index contributed by atoms with van der Waals surface area (Å²) in [6.45, 7) is 2.44. The average Bonchev–Trinajstić information content (AvgIpc) is 3.20. The predicted molar refractivity (Wildman–Crippen MR) is 127 cm³/mol. The van der Waals surface area contributed by atoms with Crippen molar-refractivity contribution in [3.63, 3.8) is 0 Å². The molecule has 0 aliphatic carbocycles. The first-order chi connectivity index (χ1) is 15.6. The fraction of sp³-hybridized carbons (Fsp3) is 0.148. The van der Waals surface area contributed by atoms with E-state index in [1.807, 2.05) is 91.9 Å². The van der Waals surface area contributed by atoms with Gasteiger partial charge in [-0.3, -0.25) is 4.79 Å². The second-order valence-corrected chi connectivity index (χ2v) is 7.46. The molecule has 0 saturated heterocycles. The van der Waals surface area contributed by atoms with E-state index in [9.17, 15) is 4.79 Å². The molecule has 0 bridgehead atoms. The highest BCUT2D eigenvalue weighted by molar-refractivity contribution is 5.97. The van der Waals surface area contributed by atoms with Crippen molar-refractivity contribution < 1.29 is 14.3 Å². The van der Waals surface area contributed by atoms with Crippen LogP contribution in [-0.2, 0) is 6.54 Å².